The molecule has 5 heteroatoms. The molecule has 0 radical (unpaired) electrons. The fraction of sp³-hybridized carbons (Fsp3) is 0.458. The summed E-state index contributed by atoms with van der Waals surface area (Å²) in [6, 6.07) is 14.5. The third-order valence-corrected chi connectivity index (χ3v) is 5.59. The van der Waals surface area contributed by atoms with Gasteiger partial charge in [0, 0.05) is 38.4 Å². The molecule has 0 bridgehead atoms. The maximum Gasteiger partial charge on any atom is 0.238 e. The number of hydrogen-bond acceptors (Lipinski definition) is 4. The second-order valence-electron chi connectivity index (χ2n) is 8.14. The molecule has 1 aliphatic rings. The monoisotopic (exact) mass is 395 g/mol. The molecule has 3 rings (SSSR count). The number of para-hydroxylation sites is 1. The van der Waals surface area contributed by atoms with E-state index in [0.717, 1.165) is 49.7 Å². The van der Waals surface area contributed by atoms with Gasteiger partial charge in [-0.05, 0) is 41.7 Å². The number of rotatable bonds is 7. The molecule has 1 amide bonds. The summed E-state index contributed by atoms with van der Waals surface area (Å²) in [4.78, 5) is 17.3. The number of benzene rings is 2. The van der Waals surface area contributed by atoms with Crippen molar-refractivity contribution in [2.24, 2.45) is 0 Å². The number of piperazine rings is 1. The number of nitrogens with one attached hydrogen (secondary N) is 1. The van der Waals surface area contributed by atoms with Crippen molar-refractivity contribution in [1.82, 2.24) is 9.80 Å². The predicted molar refractivity (Wildman–Crippen MR) is 119 cm³/mol. The lowest BCUT2D eigenvalue weighted by atomic mass is 9.98. The van der Waals surface area contributed by atoms with E-state index in [9.17, 15) is 4.79 Å². The summed E-state index contributed by atoms with van der Waals surface area (Å²) in [6.07, 6.45) is 0. The Labute approximate surface area is 174 Å². The molecule has 0 aromatic heterocycles. The smallest absolute Gasteiger partial charge is 0.238 e. The van der Waals surface area contributed by atoms with Gasteiger partial charge in [-0.25, -0.2) is 0 Å². The minimum absolute atomic E-state index is 0.0739. The average molecular weight is 396 g/mol. The van der Waals surface area contributed by atoms with E-state index in [1.807, 2.05) is 12.1 Å². The number of nitrogens with zero attached hydrogens (tertiary/aromatic N) is 2. The van der Waals surface area contributed by atoms with Gasteiger partial charge in [0.15, 0.2) is 0 Å². The molecule has 0 saturated carbocycles. The third-order valence-electron chi connectivity index (χ3n) is 5.59. The highest BCUT2D eigenvalue weighted by Gasteiger charge is 2.20. The van der Waals surface area contributed by atoms with E-state index in [1.165, 1.54) is 11.1 Å². The normalized spacial score (nSPS) is 15.5. The van der Waals surface area contributed by atoms with Gasteiger partial charge in [0.1, 0.15) is 5.75 Å². The summed E-state index contributed by atoms with van der Waals surface area (Å²) < 4.78 is 5.22. The van der Waals surface area contributed by atoms with Crippen LogP contribution >= 0.6 is 0 Å². The van der Waals surface area contributed by atoms with E-state index >= 15 is 0 Å². The van der Waals surface area contributed by atoms with Gasteiger partial charge in [-0.1, -0.05) is 44.2 Å². The van der Waals surface area contributed by atoms with Crippen molar-refractivity contribution >= 4 is 11.6 Å². The Hall–Kier alpha value is -2.37. The van der Waals surface area contributed by atoms with Crippen LogP contribution in [0.5, 0.6) is 5.75 Å². The van der Waals surface area contributed by atoms with Crippen molar-refractivity contribution in [2.75, 3.05) is 45.2 Å². The summed E-state index contributed by atoms with van der Waals surface area (Å²) in [5.74, 6) is 1.34. The Morgan fingerprint density at radius 1 is 1.03 bits per heavy atom. The van der Waals surface area contributed by atoms with Crippen LogP contribution in [0.2, 0.25) is 0 Å². The van der Waals surface area contributed by atoms with Crippen LogP contribution in [0.1, 0.15) is 36.5 Å². The highest BCUT2D eigenvalue weighted by molar-refractivity contribution is 5.93. The highest BCUT2D eigenvalue weighted by Crippen LogP contribution is 2.27. The Morgan fingerprint density at radius 3 is 2.31 bits per heavy atom. The first-order valence-corrected chi connectivity index (χ1v) is 10.4. The second-order valence-corrected chi connectivity index (χ2v) is 8.14. The van der Waals surface area contributed by atoms with Crippen molar-refractivity contribution in [3.8, 4) is 5.75 Å². The van der Waals surface area contributed by atoms with Crippen LogP contribution in [0.15, 0.2) is 42.5 Å². The molecular weight excluding hydrogens is 362 g/mol. The van der Waals surface area contributed by atoms with Crippen LogP contribution in [0, 0.1) is 6.92 Å². The van der Waals surface area contributed by atoms with Gasteiger partial charge < -0.3 is 10.1 Å². The molecular formula is C24H33N3O2. The molecule has 5 nitrogen and oxygen atoms in total. The highest BCUT2D eigenvalue weighted by atomic mass is 16.5. The lowest BCUT2D eigenvalue weighted by Gasteiger charge is -2.34. The SMILES string of the molecule is COc1ccc(CN2CCN(CC(=O)Nc3c(C)cccc3C(C)C)CC2)cc1. The predicted octanol–water partition coefficient (Wildman–Crippen LogP) is 3.88. The number of methoxy groups -OCH3 is 1. The Balaban J connectivity index is 1.49. The maximum atomic E-state index is 12.7. The molecule has 1 fully saturated rings. The van der Waals surface area contributed by atoms with Gasteiger partial charge in [0.2, 0.25) is 5.91 Å². The van der Waals surface area contributed by atoms with E-state index in [1.54, 1.807) is 7.11 Å². The number of anilines is 1. The van der Waals surface area contributed by atoms with Crippen LogP contribution in [0.3, 0.4) is 0 Å². The standard InChI is InChI=1S/C24H33N3O2/c1-18(2)22-7-5-6-19(3)24(22)25-23(28)17-27-14-12-26(13-15-27)16-20-8-10-21(29-4)11-9-20/h5-11,18H,12-17H2,1-4H3,(H,25,28). The number of carbonyl (C=O) groups excluding carboxylic acids is 1. The Bertz CT molecular complexity index is 809. The number of hydrogen-bond donors (Lipinski definition) is 1. The van der Waals surface area contributed by atoms with Gasteiger partial charge in [-0.3, -0.25) is 14.6 Å². The van der Waals surface area contributed by atoms with E-state index in [2.05, 4.69) is 66.2 Å². The average Bonchev–Trinajstić information content (AvgIpc) is 2.71. The van der Waals surface area contributed by atoms with Gasteiger partial charge in [0.25, 0.3) is 0 Å². The molecule has 2 aromatic rings. The van der Waals surface area contributed by atoms with Gasteiger partial charge in [-0.2, -0.15) is 0 Å². The first-order chi connectivity index (χ1) is 14.0. The van der Waals surface area contributed by atoms with Crippen molar-refractivity contribution in [2.45, 2.75) is 33.2 Å². The van der Waals surface area contributed by atoms with E-state index in [-0.39, 0.29) is 5.91 Å². The number of amides is 1. The number of carbonyl (C=O) groups is 1. The van der Waals surface area contributed by atoms with Crippen molar-refractivity contribution in [3.63, 3.8) is 0 Å². The van der Waals surface area contributed by atoms with E-state index in [4.69, 9.17) is 4.74 Å². The molecule has 1 heterocycles. The maximum absolute atomic E-state index is 12.7. The third kappa shape index (κ3) is 5.81. The van der Waals surface area contributed by atoms with Gasteiger partial charge in [-0.15, -0.1) is 0 Å². The van der Waals surface area contributed by atoms with Crippen LogP contribution in [-0.4, -0.2) is 55.5 Å². The molecule has 156 valence electrons. The molecule has 0 spiro atoms. The summed E-state index contributed by atoms with van der Waals surface area (Å²) in [7, 11) is 1.69. The lowest BCUT2D eigenvalue weighted by molar-refractivity contribution is -0.117. The van der Waals surface area contributed by atoms with Crippen LogP contribution in [0.4, 0.5) is 5.69 Å². The zero-order valence-electron chi connectivity index (χ0n) is 18.1. The Kier molecular flexibility index (Phi) is 7.29. The molecule has 0 atom stereocenters. The number of aryl methyl sites for hydroxylation is 1. The minimum atomic E-state index is 0.0739. The molecule has 1 aliphatic heterocycles. The molecule has 0 unspecified atom stereocenters. The molecule has 29 heavy (non-hydrogen) atoms. The van der Waals surface area contributed by atoms with Crippen molar-refractivity contribution < 1.29 is 9.53 Å². The van der Waals surface area contributed by atoms with E-state index < -0.39 is 0 Å². The summed E-state index contributed by atoms with van der Waals surface area (Å²) in [5, 5.41) is 3.16. The van der Waals surface area contributed by atoms with Crippen LogP contribution in [-0.2, 0) is 11.3 Å². The van der Waals surface area contributed by atoms with Crippen molar-refractivity contribution in [3.05, 3.63) is 59.2 Å². The lowest BCUT2D eigenvalue weighted by Crippen LogP contribution is -2.48. The zero-order valence-corrected chi connectivity index (χ0v) is 18.1. The summed E-state index contributed by atoms with van der Waals surface area (Å²) >= 11 is 0. The largest absolute Gasteiger partial charge is 0.497 e. The van der Waals surface area contributed by atoms with Gasteiger partial charge in [0.05, 0.1) is 13.7 Å². The first-order valence-electron chi connectivity index (χ1n) is 10.4. The summed E-state index contributed by atoms with van der Waals surface area (Å²) in [5.41, 5.74) is 4.58. The van der Waals surface area contributed by atoms with Crippen LogP contribution < -0.4 is 10.1 Å². The quantitative estimate of drug-likeness (QED) is 0.773. The van der Waals surface area contributed by atoms with Crippen LogP contribution in [0.25, 0.3) is 0 Å². The molecule has 0 aliphatic carbocycles. The summed E-state index contributed by atoms with van der Waals surface area (Å²) in [6.45, 7) is 11.5. The molecule has 2 aromatic carbocycles. The zero-order chi connectivity index (χ0) is 20.8. The Morgan fingerprint density at radius 2 is 1.69 bits per heavy atom. The minimum Gasteiger partial charge on any atom is -0.497 e. The van der Waals surface area contributed by atoms with Gasteiger partial charge >= 0.3 is 0 Å². The fourth-order valence-corrected chi connectivity index (χ4v) is 3.82. The first kappa shape index (κ1) is 21.3. The van der Waals surface area contributed by atoms with E-state index in [0.29, 0.717) is 12.5 Å². The second kappa shape index (κ2) is 9.90. The number of ether oxygens (including phenoxy) is 1. The topological polar surface area (TPSA) is 44.8 Å². The molecule has 1 N–H and O–H groups in total. The molecule has 1 saturated heterocycles. The van der Waals surface area contributed by atoms with Crippen molar-refractivity contribution in [1.29, 1.82) is 0 Å². The fourth-order valence-electron chi connectivity index (χ4n) is 3.82.